The molecule has 3 N–H and O–H groups in total. The first-order valence-corrected chi connectivity index (χ1v) is 9.47. The number of nitrogens with one attached hydrogen (secondary N) is 2. The molecule has 2 amide bonds. The molecule has 0 aliphatic rings. The van der Waals surface area contributed by atoms with E-state index in [9.17, 15) is 14.4 Å². The van der Waals surface area contributed by atoms with E-state index in [0.29, 0.717) is 10.2 Å². The molecule has 0 bridgehead atoms. The third kappa shape index (κ3) is 7.03. The van der Waals surface area contributed by atoms with E-state index >= 15 is 0 Å². The van der Waals surface area contributed by atoms with Crippen LogP contribution in [0.5, 0.6) is 0 Å². The fourth-order valence-electron chi connectivity index (χ4n) is 2.04. The van der Waals surface area contributed by atoms with E-state index in [1.165, 1.54) is 12.1 Å². The molecule has 2 rings (SSSR count). The average molecular weight is 500 g/mol. The van der Waals surface area contributed by atoms with Gasteiger partial charge in [-0.2, -0.15) is 0 Å². The standard InChI is InChI=1S/C18H16Br2N2O5/c19-12-5-3-11(4-6-12)10-13(17(25)21-9-1-2-16(23)24)22-18(26)14-7-8-15(20)27-14/h3-8,10H,1-2,9H2,(H,21,25)(H,22,26)(H,23,24)/b13-10+. The van der Waals surface area contributed by atoms with Gasteiger partial charge in [0.2, 0.25) is 0 Å². The molecule has 2 aromatic rings. The van der Waals surface area contributed by atoms with Crippen LogP contribution in [0.3, 0.4) is 0 Å². The smallest absolute Gasteiger partial charge is 0.303 e. The molecule has 0 unspecified atom stereocenters. The van der Waals surface area contributed by atoms with Gasteiger partial charge in [-0.1, -0.05) is 28.1 Å². The number of benzene rings is 1. The first-order valence-electron chi connectivity index (χ1n) is 7.89. The summed E-state index contributed by atoms with van der Waals surface area (Å²) in [5, 5.41) is 13.8. The van der Waals surface area contributed by atoms with Gasteiger partial charge < -0.3 is 20.2 Å². The van der Waals surface area contributed by atoms with Crippen molar-refractivity contribution in [1.82, 2.24) is 10.6 Å². The number of rotatable bonds is 8. The molecule has 0 radical (unpaired) electrons. The Morgan fingerprint density at radius 1 is 1.07 bits per heavy atom. The van der Waals surface area contributed by atoms with Crippen LogP contribution in [-0.2, 0) is 9.59 Å². The van der Waals surface area contributed by atoms with Crippen LogP contribution in [0.25, 0.3) is 6.08 Å². The topological polar surface area (TPSA) is 109 Å². The van der Waals surface area contributed by atoms with Gasteiger partial charge in [0.25, 0.3) is 11.8 Å². The average Bonchev–Trinajstić information content (AvgIpc) is 3.06. The third-order valence-electron chi connectivity index (χ3n) is 3.32. The van der Waals surface area contributed by atoms with Crippen LogP contribution in [0.2, 0.25) is 0 Å². The third-order valence-corrected chi connectivity index (χ3v) is 4.28. The van der Waals surface area contributed by atoms with Crippen molar-refractivity contribution in [2.75, 3.05) is 6.54 Å². The Morgan fingerprint density at radius 3 is 2.37 bits per heavy atom. The molecule has 9 heteroatoms. The van der Waals surface area contributed by atoms with Crippen molar-refractivity contribution in [2.24, 2.45) is 0 Å². The summed E-state index contributed by atoms with van der Waals surface area (Å²) in [6, 6.07) is 10.2. The second kappa shape index (κ2) is 10.1. The SMILES string of the molecule is O=C(O)CCCNC(=O)/C(=C\c1ccc(Br)cc1)NC(=O)c1ccc(Br)o1. The van der Waals surface area contributed by atoms with Crippen LogP contribution in [0, 0.1) is 0 Å². The van der Waals surface area contributed by atoms with Crippen LogP contribution < -0.4 is 10.6 Å². The fraction of sp³-hybridized carbons (Fsp3) is 0.167. The van der Waals surface area contributed by atoms with Crippen molar-refractivity contribution >= 4 is 55.7 Å². The van der Waals surface area contributed by atoms with E-state index in [1.807, 2.05) is 0 Å². The molecular formula is C18H16Br2N2O5. The monoisotopic (exact) mass is 498 g/mol. The van der Waals surface area contributed by atoms with Crippen LogP contribution in [-0.4, -0.2) is 29.4 Å². The van der Waals surface area contributed by atoms with Crippen molar-refractivity contribution < 1.29 is 23.9 Å². The lowest BCUT2D eigenvalue weighted by Gasteiger charge is -2.10. The fourth-order valence-corrected chi connectivity index (χ4v) is 2.61. The Hall–Kier alpha value is -2.39. The number of carboxylic acids is 1. The molecule has 0 saturated heterocycles. The Morgan fingerprint density at radius 2 is 1.78 bits per heavy atom. The molecule has 1 aromatic carbocycles. The van der Waals surface area contributed by atoms with E-state index < -0.39 is 17.8 Å². The zero-order valence-electron chi connectivity index (χ0n) is 14.0. The summed E-state index contributed by atoms with van der Waals surface area (Å²) in [5.41, 5.74) is 0.722. The summed E-state index contributed by atoms with van der Waals surface area (Å²) in [4.78, 5) is 35.3. The number of carboxylic acid groups (broad SMARTS) is 1. The number of hydrogen-bond acceptors (Lipinski definition) is 4. The van der Waals surface area contributed by atoms with Gasteiger partial charge in [0.05, 0.1) is 0 Å². The lowest BCUT2D eigenvalue weighted by Crippen LogP contribution is -2.35. The minimum Gasteiger partial charge on any atom is -0.481 e. The lowest BCUT2D eigenvalue weighted by atomic mass is 10.2. The molecule has 1 aromatic heterocycles. The predicted molar refractivity (Wildman–Crippen MR) is 106 cm³/mol. The maximum absolute atomic E-state index is 12.4. The molecular weight excluding hydrogens is 484 g/mol. The van der Waals surface area contributed by atoms with Gasteiger partial charge >= 0.3 is 5.97 Å². The number of aliphatic carboxylic acids is 1. The minimum atomic E-state index is -0.938. The van der Waals surface area contributed by atoms with Crippen molar-refractivity contribution in [3.8, 4) is 0 Å². The summed E-state index contributed by atoms with van der Waals surface area (Å²) in [7, 11) is 0. The second-order valence-corrected chi connectivity index (χ2v) is 7.12. The molecule has 1 heterocycles. The Bertz CT molecular complexity index is 859. The van der Waals surface area contributed by atoms with Gasteiger partial charge in [0.1, 0.15) is 5.70 Å². The quantitative estimate of drug-likeness (QED) is 0.380. The van der Waals surface area contributed by atoms with Gasteiger partial charge in [-0.15, -0.1) is 0 Å². The van der Waals surface area contributed by atoms with E-state index in [1.54, 1.807) is 30.3 Å². The molecule has 142 valence electrons. The summed E-state index contributed by atoms with van der Waals surface area (Å²) < 4.78 is 6.46. The van der Waals surface area contributed by atoms with Crippen molar-refractivity contribution in [3.63, 3.8) is 0 Å². The van der Waals surface area contributed by atoms with Crippen LogP contribution >= 0.6 is 31.9 Å². The zero-order chi connectivity index (χ0) is 19.8. The Labute approximate surface area is 172 Å². The lowest BCUT2D eigenvalue weighted by molar-refractivity contribution is -0.137. The van der Waals surface area contributed by atoms with Gasteiger partial charge in [-0.3, -0.25) is 14.4 Å². The number of furan rings is 1. The van der Waals surface area contributed by atoms with Crippen molar-refractivity contribution in [1.29, 1.82) is 0 Å². The highest BCUT2D eigenvalue weighted by Gasteiger charge is 2.17. The predicted octanol–water partition coefficient (Wildman–Crippen LogP) is 3.56. The van der Waals surface area contributed by atoms with Crippen LogP contribution in [0.1, 0.15) is 29.0 Å². The van der Waals surface area contributed by atoms with Crippen molar-refractivity contribution in [2.45, 2.75) is 12.8 Å². The second-order valence-electron chi connectivity index (χ2n) is 5.42. The van der Waals surface area contributed by atoms with E-state index in [4.69, 9.17) is 9.52 Å². The summed E-state index contributed by atoms with van der Waals surface area (Å²) in [6.45, 7) is 0.172. The molecule has 0 aliphatic heterocycles. The van der Waals surface area contributed by atoms with Crippen LogP contribution in [0.15, 0.2) is 55.7 Å². The number of carbonyl (C=O) groups excluding carboxylic acids is 2. The highest BCUT2D eigenvalue weighted by atomic mass is 79.9. The molecule has 0 saturated carbocycles. The van der Waals surface area contributed by atoms with Gasteiger partial charge in [0.15, 0.2) is 10.4 Å². The Kier molecular flexibility index (Phi) is 7.81. The van der Waals surface area contributed by atoms with Gasteiger partial charge in [-0.25, -0.2) is 0 Å². The normalized spacial score (nSPS) is 11.1. The molecule has 0 fully saturated rings. The number of hydrogen-bond donors (Lipinski definition) is 3. The molecule has 27 heavy (non-hydrogen) atoms. The maximum atomic E-state index is 12.4. The highest BCUT2D eigenvalue weighted by Crippen LogP contribution is 2.15. The van der Waals surface area contributed by atoms with E-state index in [0.717, 1.165) is 4.47 Å². The number of carbonyl (C=O) groups is 3. The zero-order valence-corrected chi connectivity index (χ0v) is 17.2. The van der Waals surface area contributed by atoms with Crippen LogP contribution in [0.4, 0.5) is 0 Å². The number of halogens is 2. The summed E-state index contributed by atoms with van der Waals surface area (Å²) >= 11 is 6.45. The first-order chi connectivity index (χ1) is 12.8. The molecule has 0 atom stereocenters. The van der Waals surface area contributed by atoms with E-state index in [-0.39, 0.29) is 30.8 Å². The summed E-state index contributed by atoms with van der Waals surface area (Å²) in [6.07, 6.45) is 1.75. The van der Waals surface area contributed by atoms with Crippen molar-refractivity contribution in [3.05, 3.63) is 62.6 Å². The summed E-state index contributed by atoms with van der Waals surface area (Å²) in [5.74, 6) is -2.00. The molecule has 0 spiro atoms. The Balaban J connectivity index is 2.14. The van der Waals surface area contributed by atoms with E-state index in [2.05, 4.69) is 42.5 Å². The number of amides is 2. The minimum absolute atomic E-state index is 0.0187. The largest absolute Gasteiger partial charge is 0.481 e. The first kappa shape index (κ1) is 20.9. The highest BCUT2D eigenvalue weighted by molar-refractivity contribution is 9.10. The molecule has 0 aliphatic carbocycles. The maximum Gasteiger partial charge on any atom is 0.303 e. The molecule has 7 nitrogen and oxygen atoms in total. The van der Waals surface area contributed by atoms with Gasteiger partial charge in [-0.05, 0) is 58.3 Å². The van der Waals surface area contributed by atoms with Gasteiger partial charge in [0, 0.05) is 17.4 Å².